The molecule has 0 bridgehead atoms. The van der Waals surface area contributed by atoms with Crippen LogP contribution in [0.1, 0.15) is 12.8 Å². The molecule has 0 spiro atoms. The number of hydrogen-bond acceptors (Lipinski definition) is 2. The topological polar surface area (TPSA) is 52.6 Å². The lowest BCUT2D eigenvalue weighted by molar-refractivity contribution is 0.117. The Bertz CT molecular complexity index is 459. The minimum atomic E-state index is -0.477. The van der Waals surface area contributed by atoms with Gasteiger partial charge in [-0.25, -0.2) is 9.18 Å². The fourth-order valence-electron chi connectivity index (χ4n) is 1.84. The highest BCUT2D eigenvalue weighted by Crippen LogP contribution is 2.32. The number of aliphatic hydroxyl groups excluding tert-OH is 1. The SMILES string of the molecule is CN(C[C@@H](O)C1CC1)C(=O)Nc1cc(F)cc(Br)c1. The van der Waals surface area contributed by atoms with Crippen molar-refractivity contribution in [1.82, 2.24) is 4.90 Å². The van der Waals surface area contributed by atoms with Gasteiger partial charge in [-0.15, -0.1) is 0 Å². The molecule has 1 aliphatic rings. The third-order valence-electron chi connectivity index (χ3n) is 3.09. The zero-order valence-electron chi connectivity index (χ0n) is 10.6. The number of halogens is 2. The molecule has 0 unspecified atom stereocenters. The molecule has 4 nitrogen and oxygen atoms in total. The van der Waals surface area contributed by atoms with Crippen molar-refractivity contribution in [3.63, 3.8) is 0 Å². The van der Waals surface area contributed by atoms with Crippen LogP contribution in [0.3, 0.4) is 0 Å². The van der Waals surface area contributed by atoms with Crippen molar-refractivity contribution in [2.24, 2.45) is 5.92 Å². The molecule has 104 valence electrons. The molecule has 1 aliphatic carbocycles. The molecule has 2 amide bonds. The van der Waals surface area contributed by atoms with Crippen LogP contribution < -0.4 is 5.32 Å². The van der Waals surface area contributed by atoms with Gasteiger partial charge in [0, 0.05) is 23.8 Å². The van der Waals surface area contributed by atoms with Crippen LogP contribution in [0.2, 0.25) is 0 Å². The van der Waals surface area contributed by atoms with E-state index in [9.17, 15) is 14.3 Å². The third-order valence-corrected chi connectivity index (χ3v) is 3.55. The molecule has 1 atom stereocenters. The van der Waals surface area contributed by atoms with Crippen LogP contribution in [0.15, 0.2) is 22.7 Å². The molecule has 1 fully saturated rings. The van der Waals surface area contributed by atoms with Crippen LogP contribution in [-0.2, 0) is 0 Å². The van der Waals surface area contributed by atoms with Crippen LogP contribution in [0, 0.1) is 11.7 Å². The van der Waals surface area contributed by atoms with Crippen LogP contribution in [0.5, 0.6) is 0 Å². The zero-order chi connectivity index (χ0) is 14.0. The number of likely N-dealkylation sites (N-methyl/N-ethyl adjacent to an activating group) is 1. The predicted octanol–water partition coefficient (Wildman–Crippen LogP) is 2.82. The van der Waals surface area contributed by atoms with Crippen LogP contribution in [0.25, 0.3) is 0 Å². The van der Waals surface area contributed by atoms with E-state index in [1.807, 2.05) is 0 Å². The molecule has 2 rings (SSSR count). The summed E-state index contributed by atoms with van der Waals surface area (Å²) in [5.41, 5.74) is 0.379. The molecule has 2 N–H and O–H groups in total. The number of nitrogens with one attached hydrogen (secondary N) is 1. The second-order valence-electron chi connectivity index (χ2n) is 4.87. The van der Waals surface area contributed by atoms with Gasteiger partial charge < -0.3 is 15.3 Å². The number of aliphatic hydroxyl groups is 1. The first-order chi connectivity index (χ1) is 8.95. The Hall–Kier alpha value is -1.14. The lowest BCUT2D eigenvalue weighted by atomic mass is 10.2. The molecule has 1 saturated carbocycles. The minimum Gasteiger partial charge on any atom is -0.391 e. The van der Waals surface area contributed by atoms with Crippen molar-refractivity contribution in [2.45, 2.75) is 18.9 Å². The number of amides is 2. The molecule has 0 heterocycles. The van der Waals surface area contributed by atoms with Crippen LogP contribution in [-0.4, -0.2) is 35.7 Å². The van der Waals surface area contributed by atoms with E-state index in [-0.39, 0.29) is 12.6 Å². The molecule has 0 aromatic heterocycles. The summed E-state index contributed by atoms with van der Waals surface area (Å²) in [7, 11) is 1.61. The zero-order valence-corrected chi connectivity index (χ0v) is 12.2. The first-order valence-corrected chi connectivity index (χ1v) is 6.91. The molecular weight excluding hydrogens is 315 g/mol. The van der Waals surface area contributed by atoms with E-state index in [4.69, 9.17) is 0 Å². The van der Waals surface area contributed by atoms with Crippen LogP contribution >= 0.6 is 15.9 Å². The van der Waals surface area contributed by atoms with Gasteiger partial charge in [-0.05, 0) is 37.0 Å². The number of anilines is 1. The average molecular weight is 331 g/mol. The van der Waals surface area contributed by atoms with Gasteiger partial charge in [-0.2, -0.15) is 0 Å². The molecule has 0 saturated heterocycles. The quantitative estimate of drug-likeness (QED) is 0.891. The third kappa shape index (κ3) is 4.18. The largest absolute Gasteiger partial charge is 0.391 e. The number of hydrogen-bond donors (Lipinski definition) is 2. The maximum Gasteiger partial charge on any atom is 0.321 e. The smallest absolute Gasteiger partial charge is 0.321 e. The summed E-state index contributed by atoms with van der Waals surface area (Å²) in [6, 6.07) is 3.81. The number of nitrogens with zero attached hydrogens (tertiary/aromatic N) is 1. The number of carbonyl (C=O) groups excluding carboxylic acids is 1. The normalized spacial score (nSPS) is 16.0. The van der Waals surface area contributed by atoms with Crippen molar-refractivity contribution in [3.8, 4) is 0 Å². The second-order valence-corrected chi connectivity index (χ2v) is 5.79. The highest BCUT2D eigenvalue weighted by Gasteiger charge is 2.31. The number of urea groups is 1. The van der Waals surface area contributed by atoms with Gasteiger partial charge in [-0.1, -0.05) is 15.9 Å². The van der Waals surface area contributed by atoms with Gasteiger partial charge in [0.05, 0.1) is 6.10 Å². The van der Waals surface area contributed by atoms with Crippen molar-refractivity contribution < 1.29 is 14.3 Å². The van der Waals surface area contributed by atoms with Gasteiger partial charge in [-0.3, -0.25) is 0 Å². The average Bonchev–Trinajstić information content (AvgIpc) is 3.10. The molecule has 1 aromatic rings. The Labute approximate surface area is 119 Å². The van der Waals surface area contributed by atoms with Gasteiger partial charge >= 0.3 is 6.03 Å². The summed E-state index contributed by atoms with van der Waals surface area (Å²) in [6.45, 7) is 0.285. The van der Waals surface area contributed by atoms with E-state index >= 15 is 0 Å². The lowest BCUT2D eigenvalue weighted by Crippen LogP contribution is -2.38. The summed E-state index contributed by atoms with van der Waals surface area (Å²) >= 11 is 3.16. The highest BCUT2D eigenvalue weighted by molar-refractivity contribution is 9.10. The number of rotatable bonds is 4. The molecule has 1 aromatic carbocycles. The minimum absolute atomic E-state index is 0.285. The van der Waals surface area contributed by atoms with Gasteiger partial charge in [0.15, 0.2) is 0 Å². The van der Waals surface area contributed by atoms with Gasteiger partial charge in [0.2, 0.25) is 0 Å². The first kappa shape index (κ1) is 14.3. The van der Waals surface area contributed by atoms with Crippen LogP contribution in [0.4, 0.5) is 14.9 Å². The first-order valence-electron chi connectivity index (χ1n) is 6.12. The van der Waals surface area contributed by atoms with Crippen molar-refractivity contribution in [3.05, 3.63) is 28.5 Å². The maximum atomic E-state index is 13.2. The summed E-state index contributed by atoms with van der Waals surface area (Å²) < 4.78 is 13.7. The monoisotopic (exact) mass is 330 g/mol. The molecular formula is C13H16BrFN2O2. The fraction of sp³-hybridized carbons (Fsp3) is 0.462. The summed E-state index contributed by atoms with van der Waals surface area (Å²) in [5, 5.41) is 12.4. The second kappa shape index (κ2) is 5.88. The Morgan fingerprint density at radius 3 is 2.84 bits per heavy atom. The van der Waals surface area contributed by atoms with Gasteiger partial charge in [0.25, 0.3) is 0 Å². The summed E-state index contributed by atoms with van der Waals surface area (Å²) in [6.07, 6.45) is 1.57. The molecule has 0 radical (unpaired) electrons. The van der Waals surface area contributed by atoms with E-state index in [2.05, 4.69) is 21.2 Å². The summed E-state index contributed by atoms with van der Waals surface area (Å²) in [5.74, 6) is -0.107. The van der Waals surface area contributed by atoms with E-state index < -0.39 is 11.9 Å². The maximum absolute atomic E-state index is 13.2. The Morgan fingerprint density at radius 2 is 2.26 bits per heavy atom. The Balaban J connectivity index is 1.91. The van der Waals surface area contributed by atoms with E-state index in [1.54, 1.807) is 13.1 Å². The molecule has 19 heavy (non-hydrogen) atoms. The Kier molecular flexibility index (Phi) is 4.42. The standard InChI is InChI=1S/C13H16BrFN2O2/c1-17(7-12(18)8-2-3-8)13(19)16-11-5-9(14)4-10(15)6-11/h4-6,8,12,18H,2-3,7H2,1H3,(H,16,19)/t12-/m1/s1. The Morgan fingerprint density at radius 1 is 1.58 bits per heavy atom. The van der Waals surface area contributed by atoms with E-state index in [1.165, 1.54) is 17.0 Å². The van der Waals surface area contributed by atoms with E-state index in [0.29, 0.717) is 16.1 Å². The van der Waals surface area contributed by atoms with E-state index in [0.717, 1.165) is 12.8 Å². The number of benzene rings is 1. The van der Waals surface area contributed by atoms with Gasteiger partial charge in [0.1, 0.15) is 5.82 Å². The van der Waals surface area contributed by atoms with Crippen molar-refractivity contribution in [2.75, 3.05) is 18.9 Å². The predicted molar refractivity (Wildman–Crippen MR) is 74.5 cm³/mol. The number of carbonyl (C=O) groups is 1. The van der Waals surface area contributed by atoms with Crippen molar-refractivity contribution in [1.29, 1.82) is 0 Å². The van der Waals surface area contributed by atoms with Crippen molar-refractivity contribution >= 4 is 27.6 Å². The molecule has 6 heteroatoms. The highest BCUT2D eigenvalue weighted by atomic mass is 79.9. The summed E-state index contributed by atoms with van der Waals surface area (Å²) in [4.78, 5) is 13.3. The lowest BCUT2D eigenvalue weighted by Gasteiger charge is -2.21. The molecule has 0 aliphatic heterocycles. The fourth-order valence-corrected chi connectivity index (χ4v) is 2.30.